The fourth-order valence-electron chi connectivity index (χ4n) is 3.34. The number of aryl methyl sites for hydroxylation is 1. The van der Waals surface area contributed by atoms with Crippen LogP contribution in [0.5, 0.6) is 0 Å². The van der Waals surface area contributed by atoms with Gasteiger partial charge in [-0.1, -0.05) is 6.42 Å². The third-order valence-electron chi connectivity index (χ3n) is 4.42. The summed E-state index contributed by atoms with van der Waals surface area (Å²) in [7, 11) is 0. The van der Waals surface area contributed by atoms with E-state index >= 15 is 0 Å². The standard InChI is InChI=1S/C17H19FN4S/c1-11-19-13(10-23-11)9-22-7-3-2-4-16(22)17-20-14-6-5-12(18)8-15(14)21-17/h5-6,8,10,16H,2-4,7,9H2,1H3,(H,20,21). The second kappa shape index (κ2) is 6.02. The van der Waals surface area contributed by atoms with Gasteiger partial charge in [0.1, 0.15) is 11.6 Å². The summed E-state index contributed by atoms with van der Waals surface area (Å²) in [6.45, 7) is 3.93. The van der Waals surface area contributed by atoms with E-state index in [4.69, 9.17) is 4.98 Å². The first-order valence-corrected chi connectivity index (χ1v) is 8.87. The van der Waals surface area contributed by atoms with Crippen LogP contribution in [0.4, 0.5) is 4.39 Å². The van der Waals surface area contributed by atoms with Gasteiger partial charge >= 0.3 is 0 Å². The summed E-state index contributed by atoms with van der Waals surface area (Å²) in [6, 6.07) is 4.97. The number of H-pyrrole nitrogens is 1. The normalized spacial score (nSPS) is 19.5. The third-order valence-corrected chi connectivity index (χ3v) is 5.25. The highest BCUT2D eigenvalue weighted by Gasteiger charge is 2.27. The second-order valence-corrected chi connectivity index (χ2v) is 7.19. The van der Waals surface area contributed by atoms with Crippen molar-refractivity contribution in [3.8, 4) is 0 Å². The van der Waals surface area contributed by atoms with Crippen LogP contribution < -0.4 is 0 Å². The molecular weight excluding hydrogens is 311 g/mol. The Morgan fingerprint density at radius 3 is 3.09 bits per heavy atom. The Kier molecular flexibility index (Phi) is 3.87. The van der Waals surface area contributed by atoms with Crippen molar-refractivity contribution < 1.29 is 4.39 Å². The Bertz CT molecular complexity index is 825. The number of piperidine rings is 1. The summed E-state index contributed by atoms with van der Waals surface area (Å²) in [4.78, 5) is 15.0. The lowest BCUT2D eigenvalue weighted by atomic mass is 10.0. The van der Waals surface area contributed by atoms with Gasteiger partial charge in [-0.25, -0.2) is 14.4 Å². The van der Waals surface area contributed by atoms with Crippen LogP contribution in [0.15, 0.2) is 23.6 Å². The van der Waals surface area contributed by atoms with Crippen molar-refractivity contribution >= 4 is 22.4 Å². The molecule has 1 saturated heterocycles. The van der Waals surface area contributed by atoms with Crippen LogP contribution >= 0.6 is 11.3 Å². The van der Waals surface area contributed by atoms with Crippen molar-refractivity contribution in [2.75, 3.05) is 6.54 Å². The first-order valence-electron chi connectivity index (χ1n) is 7.99. The Balaban J connectivity index is 1.63. The molecule has 0 aliphatic carbocycles. The highest BCUT2D eigenvalue weighted by atomic mass is 32.1. The van der Waals surface area contributed by atoms with Gasteiger partial charge in [-0.3, -0.25) is 4.90 Å². The molecule has 1 aliphatic rings. The number of halogens is 1. The van der Waals surface area contributed by atoms with Gasteiger partial charge in [-0.05, 0) is 44.5 Å². The molecule has 1 unspecified atom stereocenters. The van der Waals surface area contributed by atoms with E-state index in [1.54, 1.807) is 17.4 Å². The third kappa shape index (κ3) is 3.01. The van der Waals surface area contributed by atoms with Gasteiger partial charge in [0.15, 0.2) is 0 Å². The van der Waals surface area contributed by atoms with E-state index in [1.807, 2.05) is 6.92 Å². The van der Waals surface area contributed by atoms with Crippen LogP contribution in [0, 0.1) is 12.7 Å². The molecule has 4 rings (SSSR count). The minimum absolute atomic E-state index is 0.230. The smallest absolute Gasteiger partial charge is 0.125 e. The molecule has 4 nitrogen and oxygen atoms in total. The van der Waals surface area contributed by atoms with Crippen molar-refractivity contribution in [3.05, 3.63) is 45.9 Å². The van der Waals surface area contributed by atoms with Crippen LogP contribution in [0.2, 0.25) is 0 Å². The number of hydrogen-bond acceptors (Lipinski definition) is 4. The van der Waals surface area contributed by atoms with Crippen molar-refractivity contribution in [2.24, 2.45) is 0 Å². The lowest BCUT2D eigenvalue weighted by Gasteiger charge is -2.33. The number of hydrogen-bond donors (Lipinski definition) is 1. The number of benzene rings is 1. The molecule has 1 aromatic carbocycles. The fourth-order valence-corrected chi connectivity index (χ4v) is 3.94. The van der Waals surface area contributed by atoms with Crippen LogP contribution in [-0.4, -0.2) is 26.4 Å². The molecule has 23 heavy (non-hydrogen) atoms. The average molecular weight is 330 g/mol. The number of aromatic amines is 1. The van der Waals surface area contributed by atoms with E-state index in [0.29, 0.717) is 0 Å². The quantitative estimate of drug-likeness (QED) is 0.783. The zero-order valence-corrected chi connectivity index (χ0v) is 13.9. The largest absolute Gasteiger partial charge is 0.341 e. The Morgan fingerprint density at radius 1 is 1.35 bits per heavy atom. The van der Waals surface area contributed by atoms with Crippen molar-refractivity contribution in [1.82, 2.24) is 19.9 Å². The lowest BCUT2D eigenvalue weighted by molar-refractivity contribution is 0.133. The van der Waals surface area contributed by atoms with E-state index in [2.05, 4.69) is 20.2 Å². The van der Waals surface area contributed by atoms with Crippen LogP contribution in [0.25, 0.3) is 11.0 Å². The fraction of sp³-hybridized carbons (Fsp3) is 0.412. The molecular formula is C17H19FN4S. The highest BCUT2D eigenvalue weighted by molar-refractivity contribution is 7.09. The van der Waals surface area contributed by atoms with Crippen LogP contribution in [0.1, 0.15) is 41.8 Å². The number of fused-ring (bicyclic) bond motifs is 1. The average Bonchev–Trinajstić information content (AvgIpc) is 3.13. The van der Waals surface area contributed by atoms with Gasteiger partial charge in [0.2, 0.25) is 0 Å². The lowest BCUT2D eigenvalue weighted by Crippen LogP contribution is -2.33. The molecule has 3 aromatic rings. The monoisotopic (exact) mass is 330 g/mol. The number of aromatic nitrogens is 3. The molecule has 1 fully saturated rings. The molecule has 0 amide bonds. The summed E-state index contributed by atoms with van der Waals surface area (Å²) >= 11 is 1.69. The van der Waals surface area contributed by atoms with Gasteiger partial charge in [-0.15, -0.1) is 11.3 Å². The number of nitrogens with one attached hydrogen (secondary N) is 1. The Morgan fingerprint density at radius 2 is 2.26 bits per heavy atom. The summed E-state index contributed by atoms with van der Waals surface area (Å²) in [5.41, 5.74) is 2.73. The maximum absolute atomic E-state index is 13.4. The number of rotatable bonds is 3. The number of nitrogens with zero attached hydrogens (tertiary/aromatic N) is 3. The van der Waals surface area contributed by atoms with E-state index in [0.717, 1.165) is 47.1 Å². The summed E-state index contributed by atoms with van der Waals surface area (Å²) in [6.07, 6.45) is 3.47. The molecule has 0 bridgehead atoms. The summed E-state index contributed by atoms with van der Waals surface area (Å²) in [5, 5.41) is 3.24. The molecule has 2 aromatic heterocycles. The van der Waals surface area contributed by atoms with E-state index in [-0.39, 0.29) is 11.9 Å². The summed E-state index contributed by atoms with van der Waals surface area (Å²) in [5.74, 6) is 0.711. The van der Waals surface area contributed by atoms with Gasteiger partial charge in [0.05, 0.1) is 27.8 Å². The predicted octanol–water partition coefficient (Wildman–Crippen LogP) is 4.19. The van der Waals surface area contributed by atoms with Crippen LogP contribution in [-0.2, 0) is 6.54 Å². The van der Waals surface area contributed by atoms with E-state index in [1.165, 1.54) is 25.0 Å². The van der Waals surface area contributed by atoms with Gasteiger partial charge in [-0.2, -0.15) is 0 Å². The number of imidazole rings is 1. The number of thiazole rings is 1. The molecule has 0 saturated carbocycles. The molecule has 0 radical (unpaired) electrons. The minimum atomic E-state index is -0.230. The Labute approximate surface area is 138 Å². The molecule has 0 spiro atoms. The Hall–Kier alpha value is -1.79. The van der Waals surface area contributed by atoms with Crippen molar-refractivity contribution in [3.63, 3.8) is 0 Å². The molecule has 6 heteroatoms. The maximum atomic E-state index is 13.4. The van der Waals surface area contributed by atoms with Crippen LogP contribution in [0.3, 0.4) is 0 Å². The SMILES string of the molecule is Cc1nc(CN2CCCCC2c2nc3ccc(F)cc3[nH]2)cs1. The van der Waals surface area contributed by atoms with Crippen molar-refractivity contribution in [1.29, 1.82) is 0 Å². The van der Waals surface area contributed by atoms with Gasteiger partial charge in [0.25, 0.3) is 0 Å². The van der Waals surface area contributed by atoms with Gasteiger partial charge in [0, 0.05) is 11.9 Å². The summed E-state index contributed by atoms with van der Waals surface area (Å²) < 4.78 is 13.4. The zero-order valence-electron chi connectivity index (χ0n) is 13.1. The predicted molar refractivity (Wildman–Crippen MR) is 89.9 cm³/mol. The highest BCUT2D eigenvalue weighted by Crippen LogP contribution is 2.32. The molecule has 1 N–H and O–H groups in total. The number of likely N-dealkylation sites (tertiary alicyclic amines) is 1. The first kappa shape index (κ1) is 14.8. The zero-order chi connectivity index (χ0) is 15.8. The molecule has 120 valence electrons. The van der Waals surface area contributed by atoms with Gasteiger partial charge < -0.3 is 4.98 Å². The first-order chi connectivity index (χ1) is 11.2. The van der Waals surface area contributed by atoms with E-state index < -0.39 is 0 Å². The molecule has 3 heterocycles. The second-order valence-electron chi connectivity index (χ2n) is 6.12. The van der Waals surface area contributed by atoms with E-state index in [9.17, 15) is 4.39 Å². The molecule has 1 atom stereocenters. The molecule has 1 aliphatic heterocycles. The maximum Gasteiger partial charge on any atom is 0.125 e. The van der Waals surface area contributed by atoms with Crippen molar-refractivity contribution in [2.45, 2.75) is 38.8 Å². The topological polar surface area (TPSA) is 44.8 Å². The minimum Gasteiger partial charge on any atom is -0.341 e.